The molecule has 0 aliphatic heterocycles. The Bertz CT molecular complexity index is 664. The average Bonchev–Trinajstić information content (AvgIpc) is 2.46. The number of ketones is 1. The summed E-state index contributed by atoms with van der Waals surface area (Å²) in [6.45, 7) is 3.50. The number of carbonyl (C=O) groups excluding carboxylic acids is 1. The Balaban J connectivity index is 2.21. The van der Waals surface area contributed by atoms with E-state index in [1.807, 2.05) is 0 Å². The minimum atomic E-state index is -3.64. The molecule has 0 aromatic heterocycles. The lowest BCUT2D eigenvalue weighted by Gasteiger charge is -2.35. The van der Waals surface area contributed by atoms with Gasteiger partial charge < -0.3 is 0 Å². The normalized spacial score (nSPS) is 17.9. The highest BCUT2D eigenvalue weighted by Gasteiger charge is 2.40. The summed E-state index contributed by atoms with van der Waals surface area (Å²) in [5, 5.41) is 0.488. The molecule has 1 aliphatic rings. The highest BCUT2D eigenvalue weighted by molar-refractivity contribution is 7.88. The van der Waals surface area contributed by atoms with Crippen LogP contribution in [-0.4, -0.2) is 19.7 Å². The summed E-state index contributed by atoms with van der Waals surface area (Å²) in [6.07, 6.45) is 4.94. The van der Waals surface area contributed by atoms with Crippen molar-refractivity contribution in [1.29, 1.82) is 0 Å². The largest absolute Gasteiger partial charge is 0.293 e. The van der Waals surface area contributed by atoms with Crippen LogP contribution in [0.1, 0.15) is 37.7 Å². The fourth-order valence-electron chi connectivity index (χ4n) is 2.93. The first kappa shape index (κ1) is 17.2. The third kappa shape index (κ3) is 4.18. The zero-order chi connectivity index (χ0) is 16.2. The van der Waals surface area contributed by atoms with Gasteiger partial charge in [-0.2, -0.15) is 0 Å². The lowest BCUT2D eigenvalue weighted by atomic mass is 9.79. The van der Waals surface area contributed by atoms with Crippen LogP contribution in [0.4, 0.5) is 0 Å². The number of hydrogen-bond donors (Lipinski definition) is 1. The van der Waals surface area contributed by atoms with E-state index < -0.39 is 15.6 Å². The zero-order valence-electron chi connectivity index (χ0n) is 12.3. The van der Waals surface area contributed by atoms with Crippen LogP contribution in [0, 0.1) is 0 Å². The van der Waals surface area contributed by atoms with Gasteiger partial charge in [-0.1, -0.05) is 49.6 Å². The van der Waals surface area contributed by atoms with Crippen LogP contribution in [0.5, 0.6) is 0 Å². The number of halogens is 1. The third-order valence-electron chi connectivity index (χ3n) is 3.96. The van der Waals surface area contributed by atoms with Crippen molar-refractivity contribution in [3.8, 4) is 0 Å². The van der Waals surface area contributed by atoms with Gasteiger partial charge >= 0.3 is 0 Å². The summed E-state index contributed by atoms with van der Waals surface area (Å²) in [6, 6.07) is 6.71. The van der Waals surface area contributed by atoms with Crippen molar-refractivity contribution < 1.29 is 13.2 Å². The molecule has 2 rings (SSSR count). The molecular formula is C16H20ClNO3S. The Hall–Kier alpha value is -1.17. The molecule has 0 amide bonds. The van der Waals surface area contributed by atoms with Gasteiger partial charge in [0.1, 0.15) is 0 Å². The highest BCUT2D eigenvalue weighted by atomic mass is 35.5. The lowest BCUT2D eigenvalue weighted by molar-refractivity contribution is -0.121. The highest BCUT2D eigenvalue weighted by Crippen LogP contribution is 2.30. The van der Waals surface area contributed by atoms with Crippen molar-refractivity contribution >= 4 is 27.4 Å². The van der Waals surface area contributed by atoms with Gasteiger partial charge in [0.05, 0.1) is 11.3 Å². The second kappa shape index (κ2) is 6.94. The van der Waals surface area contributed by atoms with E-state index in [1.165, 1.54) is 6.08 Å². The number of nitrogens with one attached hydrogen (secondary N) is 1. The van der Waals surface area contributed by atoms with Gasteiger partial charge in [-0.25, -0.2) is 13.1 Å². The third-order valence-corrected chi connectivity index (χ3v) is 5.61. The molecule has 1 saturated carbocycles. The van der Waals surface area contributed by atoms with Gasteiger partial charge in [0.25, 0.3) is 0 Å². The van der Waals surface area contributed by atoms with Crippen LogP contribution in [0.3, 0.4) is 0 Å². The predicted octanol–water partition coefficient (Wildman–Crippen LogP) is 3.22. The Morgan fingerprint density at radius 2 is 2.00 bits per heavy atom. The van der Waals surface area contributed by atoms with Gasteiger partial charge in [0, 0.05) is 5.02 Å². The number of rotatable bonds is 6. The molecule has 0 unspecified atom stereocenters. The molecule has 1 N–H and O–H groups in total. The molecule has 0 heterocycles. The van der Waals surface area contributed by atoms with E-state index in [-0.39, 0.29) is 11.5 Å². The molecule has 0 radical (unpaired) electrons. The van der Waals surface area contributed by atoms with E-state index in [0.29, 0.717) is 23.4 Å². The van der Waals surface area contributed by atoms with Crippen molar-refractivity contribution in [3.63, 3.8) is 0 Å². The van der Waals surface area contributed by atoms with Gasteiger partial charge in [0.15, 0.2) is 5.78 Å². The molecule has 6 heteroatoms. The number of carbonyl (C=O) groups is 1. The van der Waals surface area contributed by atoms with Crippen LogP contribution in [-0.2, 0) is 20.6 Å². The van der Waals surface area contributed by atoms with Gasteiger partial charge in [-0.15, -0.1) is 0 Å². The van der Waals surface area contributed by atoms with E-state index in [9.17, 15) is 13.2 Å². The second-order valence-corrected chi connectivity index (χ2v) is 7.86. The second-order valence-electron chi connectivity index (χ2n) is 5.70. The van der Waals surface area contributed by atoms with E-state index in [2.05, 4.69) is 11.3 Å². The van der Waals surface area contributed by atoms with Crippen LogP contribution in [0.2, 0.25) is 5.02 Å². The standard InChI is InChI=1S/C16H20ClNO3S/c1-2-15(19)16(9-4-3-5-10-16)18-22(20,21)12-13-7-6-8-14(17)11-13/h2,6-8,11,18H,1,3-5,9-10,12H2. The molecule has 0 spiro atoms. The summed E-state index contributed by atoms with van der Waals surface area (Å²) < 4.78 is 27.6. The SMILES string of the molecule is C=CC(=O)C1(NS(=O)(=O)Cc2cccc(Cl)c2)CCCCC1. The first-order valence-electron chi connectivity index (χ1n) is 7.30. The van der Waals surface area contributed by atoms with Gasteiger partial charge in [-0.3, -0.25) is 4.79 Å². The van der Waals surface area contributed by atoms with Gasteiger partial charge in [0.2, 0.25) is 10.0 Å². The molecule has 1 aromatic rings. The molecular weight excluding hydrogens is 322 g/mol. The summed E-state index contributed by atoms with van der Waals surface area (Å²) in [5.41, 5.74) is -0.436. The lowest BCUT2D eigenvalue weighted by Crippen LogP contribution is -2.55. The molecule has 4 nitrogen and oxygen atoms in total. The van der Waals surface area contributed by atoms with E-state index in [1.54, 1.807) is 24.3 Å². The van der Waals surface area contributed by atoms with E-state index in [0.717, 1.165) is 19.3 Å². The van der Waals surface area contributed by atoms with Crippen molar-refractivity contribution in [1.82, 2.24) is 4.72 Å². The monoisotopic (exact) mass is 341 g/mol. The number of sulfonamides is 1. The molecule has 0 bridgehead atoms. The Labute approximate surface area is 136 Å². The maximum absolute atomic E-state index is 12.5. The summed E-state index contributed by atoms with van der Waals surface area (Å²) >= 11 is 5.88. The quantitative estimate of drug-likeness (QED) is 0.808. The maximum atomic E-state index is 12.5. The predicted molar refractivity (Wildman–Crippen MR) is 88.2 cm³/mol. The molecule has 0 saturated heterocycles. The molecule has 120 valence electrons. The number of benzene rings is 1. The molecule has 1 aliphatic carbocycles. The Kier molecular flexibility index (Phi) is 5.42. The van der Waals surface area contributed by atoms with E-state index in [4.69, 9.17) is 11.6 Å². The minimum Gasteiger partial charge on any atom is -0.293 e. The first-order chi connectivity index (χ1) is 10.4. The summed E-state index contributed by atoms with van der Waals surface area (Å²) in [7, 11) is -3.64. The Morgan fingerprint density at radius 1 is 1.32 bits per heavy atom. The maximum Gasteiger partial charge on any atom is 0.216 e. The van der Waals surface area contributed by atoms with Crippen LogP contribution in [0.25, 0.3) is 0 Å². The van der Waals surface area contributed by atoms with E-state index >= 15 is 0 Å². The topological polar surface area (TPSA) is 63.2 Å². The number of hydrogen-bond acceptors (Lipinski definition) is 3. The fraction of sp³-hybridized carbons (Fsp3) is 0.438. The minimum absolute atomic E-state index is 0.195. The zero-order valence-corrected chi connectivity index (χ0v) is 13.9. The van der Waals surface area contributed by atoms with Crippen molar-refractivity contribution in [2.24, 2.45) is 0 Å². The van der Waals surface area contributed by atoms with Gasteiger partial charge in [-0.05, 0) is 36.6 Å². The summed E-state index contributed by atoms with van der Waals surface area (Å²) in [4.78, 5) is 12.2. The smallest absolute Gasteiger partial charge is 0.216 e. The van der Waals surface area contributed by atoms with Crippen molar-refractivity contribution in [3.05, 3.63) is 47.5 Å². The van der Waals surface area contributed by atoms with Crippen LogP contribution in [0.15, 0.2) is 36.9 Å². The Morgan fingerprint density at radius 3 is 2.59 bits per heavy atom. The molecule has 22 heavy (non-hydrogen) atoms. The molecule has 1 fully saturated rings. The molecule has 0 atom stereocenters. The average molecular weight is 342 g/mol. The van der Waals surface area contributed by atoms with Crippen molar-refractivity contribution in [2.45, 2.75) is 43.4 Å². The first-order valence-corrected chi connectivity index (χ1v) is 9.33. The molecule has 1 aromatic carbocycles. The van der Waals surface area contributed by atoms with Crippen LogP contribution < -0.4 is 4.72 Å². The van der Waals surface area contributed by atoms with Crippen LogP contribution >= 0.6 is 11.6 Å². The summed E-state index contributed by atoms with van der Waals surface area (Å²) in [5.74, 6) is -0.443. The fourth-order valence-corrected chi connectivity index (χ4v) is 4.73. The van der Waals surface area contributed by atoms with Crippen molar-refractivity contribution in [2.75, 3.05) is 0 Å².